The second-order valence-electron chi connectivity index (χ2n) is 3.94. The van der Waals surface area contributed by atoms with Crippen molar-refractivity contribution in [1.82, 2.24) is 5.32 Å². The monoisotopic (exact) mass is 338 g/mol. The predicted octanol–water partition coefficient (Wildman–Crippen LogP) is 4.07. The van der Waals surface area contributed by atoms with Gasteiger partial charge in [-0.2, -0.15) is 0 Å². The van der Waals surface area contributed by atoms with E-state index in [4.69, 9.17) is 12.2 Å². The van der Waals surface area contributed by atoms with Crippen LogP contribution < -0.4 is 10.6 Å². The fourth-order valence-electron chi connectivity index (χ4n) is 1.54. The third-order valence-electron chi connectivity index (χ3n) is 2.44. The first-order valence-electron chi connectivity index (χ1n) is 5.68. The minimum atomic E-state index is -0.244. The largest absolute Gasteiger partial charge is 0.358 e. The summed E-state index contributed by atoms with van der Waals surface area (Å²) < 4.78 is 14.0. The molecule has 0 aliphatic heterocycles. The second-order valence-corrected chi connectivity index (χ2v) is 5.27. The Morgan fingerprint density at radius 3 is 2.58 bits per heavy atom. The molecule has 0 saturated heterocycles. The number of hydrogen-bond donors (Lipinski definition) is 2. The molecule has 2 N–H and O–H groups in total. The molecule has 19 heavy (non-hydrogen) atoms. The molecule has 0 aliphatic rings. The summed E-state index contributed by atoms with van der Waals surface area (Å²) >= 11 is 8.54. The Balaban J connectivity index is 1.86. The van der Waals surface area contributed by atoms with Crippen LogP contribution in [0.3, 0.4) is 0 Å². The van der Waals surface area contributed by atoms with Gasteiger partial charge in [-0.15, -0.1) is 0 Å². The molecule has 0 atom stereocenters. The van der Waals surface area contributed by atoms with Crippen LogP contribution in [0.5, 0.6) is 0 Å². The molecule has 2 aromatic carbocycles. The van der Waals surface area contributed by atoms with Crippen LogP contribution in [-0.2, 0) is 6.54 Å². The molecule has 5 heteroatoms. The topological polar surface area (TPSA) is 24.1 Å². The smallest absolute Gasteiger partial charge is 0.171 e. The van der Waals surface area contributed by atoms with Crippen LogP contribution in [0.4, 0.5) is 10.1 Å². The summed E-state index contributed by atoms with van der Waals surface area (Å²) in [4.78, 5) is 0. The molecule has 0 bridgehead atoms. The van der Waals surface area contributed by atoms with Crippen LogP contribution in [0.1, 0.15) is 5.56 Å². The molecule has 0 fully saturated rings. The van der Waals surface area contributed by atoms with Crippen LogP contribution in [-0.4, -0.2) is 5.11 Å². The molecule has 0 radical (unpaired) electrons. The first-order chi connectivity index (χ1) is 9.13. The van der Waals surface area contributed by atoms with Gasteiger partial charge in [-0.25, -0.2) is 4.39 Å². The first kappa shape index (κ1) is 14.0. The van der Waals surface area contributed by atoms with Gasteiger partial charge >= 0.3 is 0 Å². The summed E-state index contributed by atoms with van der Waals surface area (Å²) in [5.74, 6) is -0.244. The van der Waals surface area contributed by atoms with Crippen molar-refractivity contribution in [2.75, 3.05) is 5.32 Å². The van der Waals surface area contributed by atoms with E-state index >= 15 is 0 Å². The van der Waals surface area contributed by atoms with Gasteiger partial charge < -0.3 is 10.6 Å². The maximum atomic E-state index is 13.0. The molecule has 98 valence electrons. The van der Waals surface area contributed by atoms with Crippen molar-refractivity contribution in [2.45, 2.75) is 6.54 Å². The van der Waals surface area contributed by atoms with E-state index < -0.39 is 0 Å². The zero-order valence-corrected chi connectivity index (χ0v) is 12.4. The van der Waals surface area contributed by atoms with E-state index in [1.165, 1.54) is 12.1 Å². The van der Waals surface area contributed by atoms with Gasteiger partial charge in [0.15, 0.2) is 5.11 Å². The number of halogens is 2. The molecule has 0 amide bonds. The van der Waals surface area contributed by atoms with E-state index in [0.29, 0.717) is 11.7 Å². The molecule has 0 unspecified atom stereocenters. The second kappa shape index (κ2) is 6.63. The van der Waals surface area contributed by atoms with Crippen LogP contribution >= 0.6 is 28.1 Å². The third kappa shape index (κ3) is 4.61. The lowest BCUT2D eigenvalue weighted by molar-refractivity contribution is 0.625. The SMILES string of the molecule is Fc1cccc(CNC(=S)Nc2ccc(Br)cc2)c1. The Kier molecular flexibility index (Phi) is 4.87. The average Bonchev–Trinajstić information content (AvgIpc) is 2.39. The molecule has 2 nitrogen and oxygen atoms in total. The van der Waals surface area contributed by atoms with Gasteiger partial charge in [0.2, 0.25) is 0 Å². The van der Waals surface area contributed by atoms with Crippen molar-refractivity contribution in [1.29, 1.82) is 0 Å². The van der Waals surface area contributed by atoms with E-state index in [0.717, 1.165) is 15.7 Å². The van der Waals surface area contributed by atoms with E-state index in [2.05, 4.69) is 26.6 Å². The standard InChI is InChI=1S/C14H12BrFN2S/c15-11-4-6-13(7-5-11)18-14(19)17-9-10-2-1-3-12(16)8-10/h1-8H,9H2,(H2,17,18,19). The van der Waals surface area contributed by atoms with Crippen molar-refractivity contribution in [2.24, 2.45) is 0 Å². The highest BCUT2D eigenvalue weighted by atomic mass is 79.9. The van der Waals surface area contributed by atoms with Gasteiger partial charge in [-0.05, 0) is 54.2 Å². The van der Waals surface area contributed by atoms with Crippen molar-refractivity contribution in [3.63, 3.8) is 0 Å². The Hall–Kier alpha value is -1.46. The molecule has 0 aromatic heterocycles. The van der Waals surface area contributed by atoms with Gasteiger partial charge in [0, 0.05) is 16.7 Å². The van der Waals surface area contributed by atoms with Crippen LogP contribution in [0.15, 0.2) is 53.0 Å². The fourth-order valence-corrected chi connectivity index (χ4v) is 1.99. The predicted molar refractivity (Wildman–Crippen MR) is 83.6 cm³/mol. The van der Waals surface area contributed by atoms with Crippen LogP contribution in [0.2, 0.25) is 0 Å². The van der Waals surface area contributed by atoms with E-state index in [-0.39, 0.29) is 5.82 Å². The van der Waals surface area contributed by atoms with Crippen LogP contribution in [0.25, 0.3) is 0 Å². The number of thiocarbonyl (C=S) groups is 1. The summed E-state index contributed by atoms with van der Waals surface area (Å²) in [5, 5.41) is 6.60. The summed E-state index contributed by atoms with van der Waals surface area (Å²) in [6, 6.07) is 14.1. The number of anilines is 1. The maximum Gasteiger partial charge on any atom is 0.171 e. The summed E-state index contributed by atoms with van der Waals surface area (Å²) in [5.41, 5.74) is 1.75. The Morgan fingerprint density at radius 1 is 1.16 bits per heavy atom. The molecular formula is C14H12BrFN2S. The molecule has 0 aliphatic carbocycles. The summed E-state index contributed by atoms with van der Waals surface area (Å²) in [6.45, 7) is 0.486. The minimum absolute atomic E-state index is 0.244. The zero-order chi connectivity index (χ0) is 13.7. The minimum Gasteiger partial charge on any atom is -0.358 e. The maximum absolute atomic E-state index is 13.0. The highest BCUT2D eigenvalue weighted by Gasteiger charge is 1.99. The van der Waals surface area contributed by atoms with Crippen molar-refractivity contribution in [3.8, 4) is 0 Å². The van der Waals surface area contributed by atoms with Gasteiger partial charge in [0.05, 0.1) is 0 Å². The Labute approximate surface area is 125 Å². The normalized spacial score (nSPS) is 10.0. The number of nitrogens with one attached hydrogen (secondary N) is 2. The lowest BCUT2D eigenvalue weighted by atomic mass is 10.2. The van der Waals surface area contributed by atoms with E-state index in [1.807, 2.05) is 30.3 Å². The average molecular weight is 339 g/mol. The lowest BCUT2D eigenvalue weighted by Gasteiger charge is -2.10. The molecule has 0 spiro atoms. The van der Waals surface area contributed by atoms with E-state index in [9.17, 15) is 4.39 Å². The summed E-state index contributed by atoms with van der Waals surface area (Å²) in [6.07, 6.45) is 0. The molecule has 2 rings (SSSR count). The van der Waals surface area contributed by atoms with E-state index in [1.54, 1.807) is 6.07 Å². The fraction of sp³-hybridized carbons (Fsp3) is 0.0714. The zero-order valence-electron chi connectivity index (χ0n) is 9.99. The molecule has 0 saturated carbocycles. The highest BCUT2D eigenvalue weighted by Crippen LogP contribution is 2.14. The lowest BCUT2D eigenvalue weighted by Crippen LogP contribution is -2.27. The number of hydrogen-bond acceptors (Lipinski definition) is 1. The van der Waals surface area contributed by atoms with Gasteiger partial charge in [0.25, 0.3) is 0 Å². The summed E-state index contributed by atoms with van der Waals surface area (Å²) in [7, 11) is 0. The molecular weight excluding hydrogens is 327 g/mol. The van der Waals surface area contributed by atoms with Gasteiger partial charge in [-0.3, -0.25) is 0 Å². The Morgan fingerprint density at radius 2 is 1.89 bits per heavy atom. The van der Waals surface area contributed by atoms with Gasteiger partial charge in [0.1, 0.15) is 5.82 Å². The molecule has 0 heterocycles. The Bertz CT molecular complexity index is 572. The van der Waals surface area contributed by atoms with Crippen LogP contribution in [0, 0.1) is 5.82 Å². The quantitative estimate of drug-likeness (QED) is 0.824. The highest BCUT2D eigenvalue weighted by molar-refractivity contribution is 9.10. The van der Waals surface area contributed by atoms with Crippen molar-refractivity contribution < 1.29 is 4.39 Å². The first-order valence-corrected chi connectivity index (χ1v) is 6.88. The van der Waals surface area contributed by atoms with Crippen molar-refractivity contribution >= 4 is 38.9 Å². The number of rotatable bonds is 3. The third-order valence-corrected chi connectivity index (χ3v) is 3.22. The van der Waals surface area contributed by atoms with Crippen molar-refractivity contribution in [3.05, 3.63) is 64.4 Å². The van der Waals surface area contributed by atoms with Gasteiger partial charge in [-0.1, -0.05) is 28.1 Å². The molecule has 2 aromatic rings. The number of benzene rings is 2.